The summed E-state index contributed by atoms with van der Waals surface area (Å²) < 4.78 is 16.8. The van der Waals surface area contributed by atoms with Crippen LogP contribution in [0.25, 0.3) is 0 Å². The van der Waals surface area contributed by atoms with Gasteiger partial charge in [0, 0.05) is 12.8 Å². The molecule has 0 aromatic rings. The highest BCUT2D eigenvalue weighted by Crippen LogP contribution is 2.16. The number of hydrogen-bond acceptors (Lipinski definition) is 6. The van der Waals surface area contributed by atoms with Gasteiger partial charge in [0.25, 0.3) is 0 Å². The lowest BCUT2D eigenvalue weighted by Gasteiger charge is -2.18. The average molecular weight is 1010 g/mol. The lowest BCUT2D eigenvalue weighted by atomic mass is 10.0. The predicted octanol–water partition coefficient (Wildman–Crippen LogP) is 20.7. The van der Waals surface area contributed by atoms with Crippen molar-refractivity contribution in [3.05, 3.63) is 109 Å². The average Bonchev–Trinajstić information content (AvgIpc) is 3.39. The maximum absolute atomic E-state index is 12.8. The Hall–Kier alpha value is -3.93. The van der Waals surface area contributed by atoms with E-state index in [1.165, 1.54) is 141 Å². The standard InChI is InChI=1S/C67H112O6/c1-4-7-10-13-16-19-22-25-27-28-29-30-31-32-33-34-35-36-37-38-40-42-45-48-51-54-57-60-66(69)72-63-64(62-71-65(68)59-56-53-50-47-44-41-24-21-18-15-12-9-6-3)73-67(70)61-58-55-52-49-46-43-39-26-23-20-17-14-11-8-5-2/h7-8,10-11,16-17,19-20,25-27,29-30,39,46,49,55,58,64H,4-6,9,12-15,18,21-24,28,31-38,40-45,47-48,50-54,56-57,59-63H2,1-3H3/b10-7-,11-8-,19-16-,20-17-,27-25-,30-29-,39-26-,49-46-,58-55-. The molecule has 1 atom stereocenters. The minimum absolute atomic E-state index is 0.0967. The van der Waals surface area contributed by atoms with Crippen LogP contribution in [-0.2, 0) is 28.6 Å². The summed E-state index contributed by atoms with van der Waals surface area (Å²) in [6.45, 7) is 6.34. The summed E-state index contributed by atoms with van der Waals surface area (Å²) in [7, 11) is 0. The third-order valence-corrected chi connectivity index (χ3v) is 12.8. The Morgan fingerprint density at radius 3 is 0.904 bits per heavy atom. The number of esters is 3. The number of unbranched alkanes of at least 4 members (excludes halogenated alkanes) is 26. The monoisotopic (exact) mass is 1010 g/mol. The maximum Gasteiger partial charge on any atom is 0.310 e. The van der Waals surface area contributed by atoms with Crippen molar-refractivity contribution in [2.75, 3.05) is 13.2 Å². The predicted molar refractivity (Wildman–Crippen MR) is 316 cm³/mol. The van der Waals surface area contributed by atoms with E-state index in [-0.39, 0.29) is 31.6 Å². The first-order valence-corrected chi connectivity index (χ1v) is 30.4. The lowest BCUT2D eigenvalue weighted by Crippen LogP contribution is -2.30. The van der Waals surface area contributed by atoms with Crippen molar-refractivity contribution in [3.8, 4) is 0 Å². The molecule has 6 heteroatoms. The molecule has 0 aromatic heterocycles. The van der Waals surface area contributed by atoms with Crippen LogP contribution < -0.4 is 0 Å². The number of carbonyl (C=O) groups excluding carboxylic acids is 3. The molecule has 0 fully saturated rings. The zero-order valence-electron chi connectivity index (χ0n) is 47.6. The molecule has 1 unspecified atom stereocenters. The van der Waals surface area contributed by atoms with E-state index in [1.807, 2.05) is 6.08 Å². The molecule has 0 bridgehead atoms. The molecular formula is C67H112O6. The molecule has 0 aliphatic rings. The van der Waals surface area contributed by atoms with Gasteiger partial charge in [-0.1, -0.05) is 284 Å². The number of hydrogen-bond donors (Lipinski definition) is 0. The van der Waals surface area contributed by atoms with Crippen molar-refractivity contribution >= 4 is 17.9 Å². The molecule has 0 radical (unpaired) electrons. The molecule has 416 valence electrons. The lowest BCUT2D eigenvalue weighted by molar-refractivity contribution is -0.166. The molecule has 0 aliphatic carbocycles. The second-order valence-electron chi connectivity index (χ2n) is 19.9. The molecule has 0 aliphatic heterocycles. The van der Waals surface area contributed by atoms with Gasteiger partial charge in [-0.2, -0.15) is 0 Å². The van der Waals surface area contributed by atoms with Gasteiger partial charge in [0.2, 0.25) is 0 Å². The fraction of sp³-hybridized carbons (Fsp3) is 0.687. The van der Waals surface area contributed by atoms with Gasteiger partial charge < -0.3 is 14.2 Å². The summed E-state index contributed by atoms with van der Waals surface area (Å²) in [6, 6.07) is 0. The van der Waals surface area contributed by atoms with Crippen molar-refractivity contribution in [2.24, 2.45) is 0 Å². The minimum atomic E-state index is -0.832. The van der Waals surface area contributed by atoms with Gasteiger partial charge in [-0.15, -0.1) is 0 Å². The molecule has 0 spiro atoms. The minimum Gasteiger partial charge on any atom is -0.462 e. The fourth-order valence-corrected chi connectivity index (χ4v) is 8.33. The number of allylic oxidation sites excluding steroid dienone is 17. The van der Waals surface area contributed by atoms with Crippen LogP contribution in [0.3, 0.4) is 0 Å². The van der Waals surface area contributed by atoms with Gasteiger partial charge in [0.05, 0.1) is 6.42 Å². The Morgan fingerprint density at radius 2 is 0.575 bits per heavy atom. The second-order valence-corrected chi connectivity index (χ2v) is 19.9. The van der Waals surface area contributed by atoms with E-state index in [4.69, 9.17) is 14.2 Å². The Balaban J connectivity index is 4.32. The van der Waals surface area contributed by atoms with E-state index in [0.29, 0.717) is 12.8 Å². The summed E-state index contributed by atoms with van der Waals surface area (Å²) in [4.78, 5) is 38.1. The van der Waals surface area contributed by atoms with E-state index in [9.17, 15) is 14.4 Å². The van der Waals surface area contributed by atoms with E-state index in [0.717, 1.165) is 96.3 Å². The van der Waals surface area contributed by atoms with Gasteiger partial charge >= 0.3 is 17.9 Å². The van der Waals surface area contributed by atoms with Crippen LogP contribution in [0.15, 0.2) is 109 Å². The third-order valence-electron chi connectivity index (χ3n) is 12.8. The smallest absolute Gasteiger partial charge is 0.310 e. The molecule has 0 N–H and O–H groups in total. The first kappa shape index (κ1) is 69.1. The Kier molecular flexibility index (Phi) is 57.4. The summed E-state index contributed by atoms with van der Waals surface area (Å²) in [5, 5.41) is 0. The highest BCUT2D eigenvalue weighted by atomic mass is 16.6. The van der Waals surface area contributed by atoms with E-state index in [2.05, 4.69) is 118 Å². The SMILES string of the molecule is CC/C=C\C/C=C\C/C=C\C/C=C\C/C=C\CC(=O)OC(COC(=O)CCCCCCCCCCCCCCC)COC(=O)CCCCCCCCCCCCCCCC/C=C\C/C=C\C/C=C\C/C=C\CC. The molecule has 0 saturated carbocycles. The van der Waals surface area contributed by atoms with Gasteiger partial charge in [0.15, 0.2) is 6.10 Å². The van der Waals surface area contributed by atoms with E-state index in [1.54, 1.807) is 6.08 Å². The Labute approximate surface area is 450 Å². The zero-order chi connectivity index (χ0) is 52.9. The number of ether oxygens (including phenoxy) is 3. The van der Waals surface area contributed by atoms with Crippen LogP contribution in [-0.4, -0.2) is 37.2 Å². The van der Waals surface area contributed by atoms with Crippen molar-refractivity contribution in [3.63, 3.8) is 0 Å². The van der Waals surface area contributed by atoms with Gasteiger partial charge in [0.1, 0.15) is 13.2 Å². The van der Waals surface area contributed by atoms with Crippen LogP contribution in [0.4, 0.5) is 0 Å². The summed E-state index contributed by atoms with van der Waals surface area (Å²) in [5.41, 5.74) is 0. The summed E-state index contributed by atoms with van der Waals surface area (Å²) in [5.74, 6) is -1.04. The van der Waals surface area contributed by atoms with Crippen LogP contribution in [0.5, 0.6) is 0 Å². The van der Waals surface area contributed by atoms with Crippen molar-refractivity contribution in [1.29, 1.82) is 0 Å². The normalized spacial score (nSPS) is 12.9. The van der Waals surface area contributed by atoms with Crippen LogP contribution in [0.2, 0.25) is 0 Å². The first-order valence-electron chi connectivity index (χ1n) is 30.4. The van der Waals surface area contributed by atoms with Crippen molar-refractivity contribution < 1.29 is 28.6 Å². The van der Waals surface area contributed by atoms with Crippen LogP contribution in [0, 0.1) is 0 Å². The van der Waals surface area contributed by atoms with Crippen LogP contribution >= 0.6 is 0 Å². The van der Waals surface area contributed by atoms with Crippen molar-refractivity contribution in [2.45, 2.75) is 284 Å². The molecule has 6 nitrogen and oxygen atoms in total. The summed E-state index contributed by atoms with van der Waals surface area (Å²) in [6.07, 6.45) is 82.6. The Bertz CT molecular complexity index is 1490. The largest absolute Gasteiger partial charge is 0.462 e. The number of rotatable bonds is 54. The van der Waals surface area contributed by atoms with E-state index < -0.39 is 12.1 Å². The molecule has 0 amide bonds. The van der Waals surface area contributed by atoms with Crippen molar-refractivity contribution in [1.82, 2.24) is 0 Å². The van der Waals surface area contributed by atoms with Crippen LogP contribution in [0.1, 0.15) is 278 Å². The Morgan fingerprint density at radius 1 is 0.301 bits per heavy atom. The molecule has 0 rings (SSSR count). The zero-order valence-corrected chi connectivity index (χ0v) is 47.6. The van der Waals surface area contributed by atoms with E-state index >= 15 is 0 Å². The highest BCUT2D eigenvalue weighted by molar-refractivity contribution is 5.72. The summed E-state index contributed by atoms with van der Waals surface area (Å²) >= 11 is 0. The third kappa shape index (κ3) is 58.8. The molecule has 0 heterocycles. The second kappa shape index (κ2) is 60.6. The molecule has 73 heavy (non-hydrogen) atoms. The topological polar surface area (TPSA) is 78.9 Å². The molecular weight excluding hydrogens is 901 g/mol. The fourth-order valence-electron chi connectivity index (χ4n) is 8.33. The van der Waals surface area contributed by atoms with Gasteiger partial charge in [-0.05, 0) is 83.5 Å². The first-order chi connectivity index (χ1) is 36.0. The quantitative estimate of drug-likeness (QED) is 0.0261. The van der Waals surface area contributed by atoms with Gasteiger partial charge in [-0.3, -0.25) is 14.4 Å². The highest BCUT2D eigenvalue weighted by Gasteiger charge is 2.19. The molecule has 0 aromatic carbocycles. The number of carbonyl (C=O) groups is 3. The maximum atomic E-state index is 12.8. The van der Waals surface area contributed by atoms with Gasteiger partial charge in [-0.25, -0.2) is 0 Å². The molecule has 0 saturated heterocycles.